The number of hydrazone groups is 1. The van der Waals surface area contributed by atoms with E-state index < -0.39 is 23.9 Å². The van der Waals surface area contributed by atoms with Crippen molar-refractivity contribution in [3.63, 3.8) is 0 Å². The highest BCUT2D eigenvalue weighted by molar-refractivity contribution is 6.25. The third kappa shape index (κ3) is 2.90. The van der Waals surface area contributed by atoms with Crippen molar-refractivity contribution in [2.45, 2.75) is 12.1 Å². The topological polar surface area (TPSA) is 79.3 Å². The molecular weight excluding hydrogens is 430 g/mol. The number of amides is 2. The van der Waals surface area contributed by atoms with Gasteiger partial charge in [0.1, 0.15) is 11.8 Å². The van der Waals surface area contributed by atoms with Gasteiger partial charge in [0, 0.05) is 11.8 Å². The molecule has 0 spiro atoms. The molecule has 0 bridgehead atoms. The molecule has 7 nitrogen and oxygen atoms in total. The SMILES string of the molecule is COc1ccc(C(=O)[C@H]2[C@H]3C(=O)N(c4ccc5ccccc5c4)C(=O)[C@H]3[C@@H]3C=CC=NN32)cc1. The summed E-state index contributed by atoms with van der Waals surface area (Å²) in [5.41, 5.74) is 0.966. The average molecular weight is 451 g/mol. The van der Waals surface area contributed by atoms with Gasteiger partial charge in [0.2, 0.25) is 11.8 Å². The van der Waals surface area contributed by atoms with Crippen LogP contribution in [-0.2, 0) is 9.59 Å². The third-order valence-corrected chi connectivity index (χ3v) is 6.93. The fourth-order valence-corrected chi connectivity index (χ4v) is 5.33. The fourth-order valence-electron chi connectivity index (χ4n) is 5.33. The van der Waals surface area contributed by atoms with Gasteiger partial charge in [0.15, 0.2) is 5.78 Å². The Morgan fingerprint density at radius 2 is 1.65 bits per heavy atom. The normalized spacial score (nSPS) is 25.1. The van der Waals surface area contributed by atoms with E-state index in [1.807, 2.05) is 42.5 Å². The maximum atomic E-state index is 13.8. The largest absolute Gasteiger partial charge is 0.497 e. The number of hydrogen-bond acceptors (Lipinski definition) is 6. The van der Waals surface area contributed by atoms with Crippen LogP contribution in [0.5, 0.6) is 5.75 Å². The molecule has 2 fully saturated rings. The molecule has 3 aliphatic rings. The quantitative estimate of drug-likeness (QED) is 0.449. The van der Waals surface area contributed by atoms with E-state index in [9.17, 15) is 14.4 Å². The molecule has 2 amide bonds. The highest BCUT2D eigenvalue weighted by Crippen LogP contribution is 2.46. The van der Waals surface area contributed by atoms with Crippen molar-refractivity contribution < 1.29 is 19.1 Å². The zero-order valence-corrected chi connectivity index (χ0v) is 18.4. The molecule has 34 heavy (non-hydrogen) atoms. The van der Waals surface area contributed by atoms with Crippen LogP contribution in [-0.4, -0.2) is 48.0 Å². The summed E-state index contributed by atoms with van der Waals surface area (Å²) in [5, 5.41) is 7.98. The number of allylic oxidation sites excluding steroid dienone is 1. The number of rotatable bonds is 4. The zero-order chi connectivity index (χ0) is 23.4. The first-order valence-electron chi connectivity index (χ1n) is 11.1. The highest BCUT2D eigenvalue weighted by atomic mass is 16.5. The number of anilines is 1. The van der Waals surface area contributed by atoms with Crippen molar-refractivity contribution in [2.24, 2.45) is 16.9 Å². The second-order valence-electron chi connectivity index (χ2n) is 8.65. The molecule has 0 unspecified atom stereocenters. The number of fused-ring (bicyclic) bond motifs is 4. The number of imide groups is 1. The number of Topliss-reactive ketones (excluding diaryl/α,β-unsaturated/α-hetero) is 1. The van der Waals surface area contributed by atoms with Crippen molar-refractivity contribution in [1.29, 1.82) is 0 Å². The lowest BCUT2D eigenvalue weighted by atomic mass is 9.86. The minimum absolute atomic E-state index is 0.242. The van der Waals surface area contributed by atoms with Gasteiger partial charge in [-0.3, -0.25) is 19.4 Å². The van der Waals surface area contributed by atoms with Crippen molar-refractivity contribution in [3.05, 3.63) is 84.4 Å². The summed E-state index contributed by atoms with van der Waals surface area (Å²) in [6.45, 7) is 0. The molecule has 7 heteroatoms. The third-order valence-electron chi connectivity index (χ3n) is 6.93. The van der Waals surface area contributed by atoms with Crippen molar-refractivity contribution in [1.82, 2.24) is 5.01 Å². The number of hydrogen-bond donors (Lipinski definition) is 0. The number of nitrogens with zero attached hydrogens (tertiary/aromatic N) is 3. The molecule has 0 aliphatic carbocycles. The first kappa shape index (κ1) is 20.4. The molecule has 2 saturated heterocycles. The smallest absolute Gasteiger partial charge is 0.240 e. The van der Waals surface area contributed by atoms with Gasteiger partial charge >= 0.3 is 0 Å². The number of benzene rings is 3. The van der Waals surface area contributed by atoms with Crippen LogP contribution in [0.2, 0.25) is 0 Å². The first-order valence-corrected chi connectivity index (χ1v) is 11.1. The molecule has 6 rings (SSSR count). The Labute approximate surface area is 195 Å². The Balaban J connectivity index is 1.41. The van der Waals surface area contributed by atoms with E-state index in [4.69, 9.17) is 4.74 Å². The summed E-state index contributed by atoms with van der Waals surface area (Å²) in [4.78, 5) is 42.3. The molecule has 3 aliphatic heterocycles. The van der Waals surface area contributed by atoms with E-state index in [0.717, 1.165) is 10.8 Å². The van der Waals surface area contributed by atoms with Crippen LogP contribution in [0.25, 0.3) is 10.8 Å². The number of carbonyl (C=O) groups excluding carboxylic acids is 3. The predicted octanol–water partition coefficient (Wildman–Crippen LogP) is 3.45. The van der Waals surface area contributed by atoms with Crippen LogP contribution in [0, 0.1) is 11.8 Å². The molecule has 168 valence electrons. The molecule has 0 N–H and O–H groups in total. The lowest BCUT2D eigenvalue weighted by Crippen LogP contribution is -2.46. The Morgan fingerprint density at radius 1 is 0.912 bits per heavy atom. The van der Waals surface area contributed by atoms with Crippen LogP contribution in [0.15, 0.2) is 84.0 Å². The maximum Gasteiger partial charge on any atom is 0.240 e. The van der Waals surface area contributed by atoms with E-state index in [-0.39, 0.29) is 17.6 Å². The maximum absolute atomic E-state index is 13.8. The highest BCUT2D eigenvalue weighted by Gasteiger charge is 2.64. The lowest BCUT2D eigenvalue weighted by molar-refractivity contribution is -0.123. The van der Waals surface area contributed by atoms with Crippen LogP contribution < -0.4 is 9.64 Å². The summed E-state index contributed by atoms with van der Waals surface area (Å²) in [6.07, 6.45) is 5.19. The van der Waals surface area contributed by atoms with Gasteiger partial charge in [-0.15, -0.1) is 0 Å². The number of ketones is 1. The molecule has 3 heterocycles. The van der Waals surface area contributed by atoms with Crippen molar-refractivity contribution in [2.75, 3.05) is 12.0 Å². The first-order chi connectivity index (χ1) is 16.6. The summed E-state index contributed by atoms with van der Waals surface area (Å²) >= 11 is 0. The van der Waals surface area contributed by atoms with Crippen LogP contribution in [0.4, 0.5) is 5.69 Å². The monoisotopic (exact) mass is 451 g/mol. The number of methoxy groups -OCH3 is 1. The van der Waals surface area contributed by atoms with Gasteiger partial charge in [-0.2, -0.15) is 5.10 Å². The minimum Gasteiger partial charge on any atom is -0.497 e. The standard InChI is InChI=1S/C27H21N3O4/c1-34-20-12-9-17(10-13-20)25(31)24-23-22(21-7-4-14-28-30(21)24)26(32)29(27(23)33)19-11-8-16-5-2-3-6-18(16)15-19/h2-15,21-24H,1H3/t21-,22-,23-,24+/m0/s1. The van der Waals surface area contributed by atoms with E-state index in [1.165, 1.54) is 4.90 Å². The van der Waals surface area contributed by atoms with E-state index >= 15 is 0 Å². The van der Waals surface area contributed by atoms with Gasteiger partial charge < -0.3 is 4.74 Å². The summed E-state index contributed by atoms with van der Waals surface area (Å²) in [7, 11) is 1.56. The van der Waals surface area contributed by atoms with E-state index in [0.29, 0.717) is 17.0 Å². The minimum atomic E-state index is -0.869. The van der Waals surface area contributed by atoms with Crippen LogP contribution in [0.3, 0.4) is 0 Å². The second kappa shape index (κ2) is 7.66. The molecule has 3 aromatic rings. The Bertz CT molecular complexity index is 1390. The molecular formula is C27H21N3O4. The average Bonchev–Trinajstić information content (AvgIpc) is 3.35. The molecule has 3 aromatic carbocycles. The zero-order valence-electron chi connectivity index (χ0n) is 18.4. The molecule has 0 radical (unpaired) electrons. The van der Waals surface area contributed by atoms with Gasteiger partial charge in [-0.1, -0.05) is 36.4 Å². The van der Waals surface area contributed by atoms with Gasteiger partial charge in [-0.05, 0) is 53.2 Å². The van der Waals surface area contributed by atoms with Crippen LogP contribution >= 0.6 is 0 Å². The molecule has 0 aromatic heterocycles. The Hall–Kier alpha value is -4.26. The van der Waals surface area contributed by atoms with Gasteiger partial charge in [-0.25, -0.2) is 4.90 Å². The Morgan fingerprint density at radius 3 is 2.41 bits per heavy atom. The van der Waals surface area contributed by atoms with Crippen molar-refractivity contribution >= 4 is 40.3 Å². The van der Waals surface area contributed by atoms with E-state index in [2.05, 4.69) is 5.10 Å². The number of carbonyl (C=O) groups is 3. The predicted molar refractivity (Wildman–Crippen MR) is 128 cm³/mol. The Kier molecular flexibility index (Phi) is 4.58. The fraction of sp³-hybridized carbons (Fsp3) is 0.185. The molecule has 0 saturated carbocycles. The van der Waals surface area contributed by atoms with Gasteiger partial charge in [0.05, 0.1) is 30.7 Å². The molecule has 4 atom stereocenters. The summed E-state index contributed by atoms with van der Waals surface area (Å²) in [5.74, 6) is -1.78. The number of ether oxygens (including phenoxy) is 1. The second-order valence-corrected chi connectivity index (χ2v) is 8.65. The summed E-state index contributed by atoms with van der Waals surface area (Å²) in [6, 6.07) is 18.8. The van der Waals surface area contributed by atoms with Crippen molar-refractivity contribution in [3.8, 4) is 5.75 Å². The van der Waals surface area contributed by atoms with Gasteiger partial charge in [0.25, 0.3) is 0 Å². The lowest BCUT2D eigenvalue weighted by Gasteiger charge is -2.30. The summed E-state index contributed by atoms with van der Waals surface area (Å²) < 4.78 is 5.19. The van der Waals surface area contributed by atoms with Crippen LogP contribution in [0.1, 0.15) is 10.4 Å². The van der Waals surface area contributed by atoms with E-state index in [1.54, 1.807) is 54.7 Å².